The van der Waals surface area contributed by atoms with E-state index in [1.165, 1.54) is 12.1 Å². The topological polar surface area (TPSA) is 94.4 Å². The Morgan fingerprint density at radius 2 is 2.39 bits per heavy atom. The van der Waals surface area contributed by atoms with Gasteiger partial charge in [-0.15, -0.1) is 0 Å². The quantitative estimate of drug-likeness (QED) is 0.680. The summed E-state index contributed by atoms with van der Waals surface area (Å²) in [5.74, 6) is 0.0876. The highest BCUT2D eigenvalue weighted by Crippen LogP contribution is 2.35. The number of hydrogen-bond donors (Lipinski definition) is 1. The molecule has 2 aromatic rings. The fraction of sp³-hybridized carbons (Fsp3) is 0.200. The number of rotatable bonds is 3. The van der Waals surface area contributed by atoms with E-state index < -0.39 is 11.0 Å². The number of nitro benzene ring substituents is 1. The van der Waals surface area contributed by atoms with Gasteiger partial charge >= 0.3 is 6.09 Å². The van der Waals surface area contributed by atoms with Crippen molar-refractivity contribution in [3.8, 4) is 5.88 Å². The molecule has 0 radical (unpaired) electrons. The lowest BCUT2D eigenvalue weighted by molar-refractivity contribution is -0.382. The van der Waals surface area contributed by atoms with E-state index in [4.69, 9.17) is 4.74 Å². The van der Waals surface area contributed by atoms with E-state index >= 15 is 0 Å². The fourth-order valence-electron chi connectivity index (χ4n) is 1.41. The molecule has 0 saturated carbocycles. The van der Waals surface area contributed by atoms with Crippen LogP contribution in [0.25, 0.3) is 10.1 Å². The fourth-order valence-corrected chi connectivity index (χ4v) is 2.21. The van der Waals surface area contributed by atoms with Gasteiger partial charge in [0, 0.05) is 12.6 Å². The summed E-state index contributed by atoms with van der Waals surface area (Å²) in [5, 5.41) is 13.7. The Kier molecular flexibility index (Phi) is 3.38. The van der Waals surface area contributed by atoms with E-state index in [1.807, 2.05) is 0 Å². The molecule has 1 N–H and O–H groups in total. The molecule has 1 aromatic heterocycles. The Balaban J connectivity index is 2.40. The zero-order valence-electron chi connectivity index (χ0n) is 9.37. The predicted octanol–water partition coefficient (Wildman–Crippen LogP) is 2.31. The summed E-state index contributed by atoms with van der Waals surface area (Å²) in [6.45, 7) is 2.19. The van der Waals surface area contributed by atoms with Gasteiger partial charge in [0.15, 0.2) is 0 Å². The number of carbonyl (C=O) groups is 1. The first-order chi connectivity index (χ1) is 8.63. The van der Waals surface area contributed by atoms with Crippen LogP contribution in [-0.4, -0.2) is 21.9 Å². The minimum atomic E-state index is -0.629. The smallest absolute Gasteiger partial charge is 0.390 e. The lowest BCUT2D eigenvalue weighted by Crippen LogP contribution is -2.26. The summed E-state index contributed by atoms with van der Waals surface area (Å²) in [7, 11) is 0. The van der Waals surface area contributed by atoms with Gasteiger partial charge in [-0.05, 0) is 24.5 Å². The highest BCUT2D eigenvalue weighted by atomic mass is 32.1. The highest BCUT2D eigenvalue weighted by Gasteiger charge is 2.18. The maximum Gasteiger partial charge on any atom is 0.413 e. The van der Waals surface area contributed by atoms with Crippen LogP contribution in [0.4, 0.5) is 10.5 Å². The van der Waals surface area contributed by atoms with Crippen molar-refractivity contribution < 1.29 is 14.5 Å². The Labute approximate surface area is 106 Å². The third-order valence-corrected chi connectivity index (χ3v) is 3.02. The van der Waals surface area contributed by atoms with Crippen LogP contribution in [0.2, 0.25) is 0 Å². The molecule has 1 heterocycles. The van der Waals surface area contributed by atoms with Gasteiger partial charge in [-0.1, -0.05) is 6.07 Å². The summed E-state index contributed by atoms with van der Waals surface area (Å²) >= 11 is 0.932. The van der Waals surface area contributed by atoms with Crippen LogP contribution in [0, 0.1) is 10.1 Å². The zero-order valence-corrected chi connectivity index (χ0v) is 10.2. The van der Waals surface area contributed by atoms with Crippen molar-refractivity contribution in [2.75, 3.05) is 6.54 Å². The van der Waals surface area contributed by atoms with Gasteiger partial charge < -0.3 is 10.1 Å². The average Bonchev–Trinajstić information content (AvgIpc) is 2.72. The monoisotopic (exact) mass is 267 g/mol. The molecule has 0 atom stereocenters. The molecular weight excluding hydrogens is 258 g/mol. The standard InChI is InChI=1S/C10H9N3O4S/c1-2-11-10(14)17-9-6-4-3-5-7(13(15)16)8(6)18-12-9/h3-5H,2H2,1H3,(H,11,14). The number of aromatic nitrogens is 1. The summed E-state index contributed by atoms with van der Waals surface area (Å²) < 4.78 is 9.27. The minimum absolute atomic E-state index is 0.0456. The Hall–Kier alpha value is -2.22. The van der Waals surface area contributed by atoms with E-state index in [2.05, 4.69) is 9.69 Å². The number of non-ortho nitro benzene ring substituents is 1. The third-order valence-electron chi connectivity index (χ3n) is 2.15. The van der Waals surface area contributed by atoms with Crippen molar-refractivity contribution in [2.24, 2.45) is 0 Å². The molecule has 0 aliphatic heterocycles. The van der Waals surface area contributed by atoms with Crippen molar-refractivity contribution in [3.05, 3.63) is 28.3 Å². The molecule has 0 aliphatic carbocycles. The number of fused-ring (bicyclic) bond motifs is 1. The van der Waals surface area contributed by atoms with Crippen LogP contribution >= 0.6 is 11.5 Å². The van der Waals surface area contributed by atoms with E-state index in [9.17, 15) is 14.9 Å². The van der Waals surface area contributed by atoms with Crippen LogP contribution in [0.15, 0.2) is 18.2 Å². The van der Waals surface area contributed by atoms with Crippen LogP contribution in [0.5, 0.6) is 5.88 Å². The second-order valence-electron chi connectivity index (χ2n) is 3.32. The van der Waals surface area contributed by atoms with Gasteiger partial charge in [-0.3, -0.25) is 10.1 Å². The number of benzene rings is 1. The zero-order chi connectivity index (χ0) is 13.1. The molecule has 1 aromatic carbocycles. The predicted molar refractivity (Wildman–Crippen MR) is 66.0 cm³/mol. The van der Waals surface area contributed by atoms with E-state index in [1.54, 1.807) is 13.0 Å². The van der Waals surface area contributed by atoms with Gasteiger partial charge in [0.05, 0.1) is 10.3 Å². The molecule has 8 heteroatoms. The molecule has 0 unspecified atom stereocenters. The molecule has 0 fully saturated rings. The molecule has 0 aliphatic rings. The van der Waals surface area contributed by atoms with Crippen molar-refractivity contribution in [2.45, 2.75) is 6.92 Å². The first-order valence-corrected chi connectivity index (χ1v) is 5.89. The highest BCUT2D eigenvalue weighted by molar-refractivity contribution is 7.14. The second kappa shape index (κ2) is 4.96. The Morgan fingerprint density at radius 3 is 3.06 bits per heavy atom. The molecule has 2 rings (SSSR count). The van der Waals surface area contributed by atoms with Gasteiger partial charge in [0.1, 0.15) is 4.70 Å². The number of nitrogens with one attached hydrogen (secondary N) is 1. The molecule has 0 saturated heterocycles. The number of hydrogen-bond acceptors (Lipinski definition) is 6. The first kappa shape index (κ1) is 12.2. The molecule has 1 amide bonds. The molecule has 0 spiro atoms. The SMILES string of the molecule is CCNC(=O)Oc1nsc2c([N+](=O)[O-])cccc12. The Morgan fingerprint density at radius 1 is 1.61 bits per heavy atom. The number of ether oxygens (including phenoxy) is 1. The summed E-state index contributed by atoms with van der Waals surface area (Å²) in [6, 6.07) is 4.54. The maximum atomic E-state index is 11.3. The summed E-state index contributed by atoms with van der Waals surface area (Å²) in [4.78, 5) is 21.6. The van der Waals surface area contributed by atoms with Gasteiger partial charge in [-0.2, -0.15) is 4.37 Å². The molecule has 0 bridgehead atoms. The first-order valence-electron chi connectivity index (χ1n) is 5.12. The van der Waals surface area contributed by atoms with E-state index in [-0.39, 0.29) is 11.6 Å². The van der Waals surface area contributed by atoms with Crippen LogP contribution in [0.1, 0.15) is 6.92 Å². The molecule has 94 valence electrons. The van der Waals surface area contributed by atoms with Crippen molar-refractivity contribution in [3.63, 3.8) is 0 Å². The van der Waals surface area contributed by atoms with E-state index in [0.717, 1.165) is 11.5 Å². The van der Waals surface area contributed by atoms with E-state index in [0.29, 0.717) is 16.6 Å². The molecule has 18 heavy (non-hydrogen) atoms. The lowest BCUT2D eigenvalue weighted by atomic mass is 10.2. The van der Waals surface area contributed by atoms with Crippen molar-refractivity contribution in [1.29, 1.82) is 0 Å². The van der Waals surface area contributed by atoms with Crippen LogP contribution < -0.4 is 10.1 Å². The second-order valence-corrected chi connectivity index (χ2v) is 4.09. The number of nitrogens with zero attached hydrogens (tertiary/aromatic N) is 2. The number of nitro groups is 1. The van der Waals surface area contributed by atoms with Gasteiger partial charge in [0.25, 0.3) is 5.69 Å². The minimum Gasteiger partial charge on any atom is -0.390 e. The largest absolute Gasteiger partial charge is 0.413 e. The van der Waals surface area contributed by atoms with Crippen LogP contribution in [0.3, 0.4) is 0 Å². The number of carbonyl (C=O) groups excluding carboxylic acids is 1. The normalized spacial score (nSPS) is 10.3. The van der Waals surface area contributed by atoms with Gasteiger partial charge in [0.2, 0.25) is 5.88 Å². The maximum absolute atomic E-state index is 11.3. The summed E-state index contributed by atoms with van der Waals surface area (Å²) in [6.07, 6.45) is -0.629. The molecular formula is C10H9N3O4S. The van der Waals surface area contributed by atoms with Crippen molar-refractivity contribution >= 4 is 33.4 Å². The van der Waals surface area contributed by atoms with Crippen LogP contribution in [-0.2, 0) is 0 Å². The third kappa shape index (κ3) is 2.23. The Bertz CT molecular complexity index is 610. The lowest BCUT2D eigenvalue weighted by Gasteiger charge is -2.01. The van der Waals surface area contributed by atoms with Crippen molar-refractivity contribution in [1.82, 2.24) is 9.69 Å². The summed E-state index contributed by atoms with van der Waals surface area (Å²) in [5.41, 5.74) is -0.0456. The average molecular weight is 267 g/mol. The number of amides is 1. The molecule has 7 nitrogen and oxygen atoms in total. The van der Waals surface area contributed by atoms with Gasteiger partial charge in [-0.25, -0.2) is 4.79 Å².